The molecule has 0 saturated carbocycles. The van der Waals surface area contributed by atoms with Crippen LogP contribution in [0.5, 0.6) is 0 Å². The fourth-order valence-electron chi connectivity index (χ4n) is 1.80. The highest BCUT2D eigenvalue weighted by Crippen LogP contribution is 2.29. The fourth-order valence-corrected chi connectivity index (χ4v) is 2.91. The van der Waals surface area contributed by atoms with Gasteiger partial charge in [-0.15, -0.1) is 0 Å². The summed E-state index contributed by atoms with van der Waals surface area (Å²) in [7, 11) is 0. The van der Waals surface area contributed by atoms with Gasteiger partial charge in [0.05, 0.1) is 5.52 Å². The molecule has 0 unspecified atom stereocenters. The summed E-state index contributed by atoms with van der Waals surface area (Å²) in [6.45, 7) is 0. The van der Waals surface area contributed by atoms with E-state index in [-0.39, 0.29) is 0 Å². The van der Waals surface area contributed by atoms with Crippen LogP contribution in [0.1, 0.15) is 5.56 Å². The van der Waals surface area contributed by atoms with Crippen molar-refractivity contribution in [3.63, 3.8) is 0 Å². The quantitative estimate of drug-likeness (QED) is 0.712. The lowest BCUT2D eigenvalue weighted by atomic mass is 10.2. The van der Waals surface area contributed by atoms with Gasteiger partial charge in [-0.2, -0.15) is 5.10 Å². The van der Waals surface area contributed by atoms with Gasteiger partial charge in [-0.1, -0.05) is 53.7 Å². The van der Waals surface area contributed by atoms with Crippen LogP contribution in [-0.4, -0.2) is 10.2 Å². The van der Waals surface area contributed by atoms with E-state index in [1.807, 2.05) is 24.3 Å². The van der Waals surface area contributed by atoms with Crippen molar-refractivity contribution in [3.05, 3.63) is 59.1 Å². The number of fused-ring (bicyclic) bond motifs is 1. The molecular weight excluding hydrogens is 264 g/mol. The molecule has 2 aromatic carbocycles. The zero-order valence-corrected chi connectivity index (χ0v) is 11.1. The largest absolute Gasteiger partial charge is 0.277 e. The molecule has 1 aromatic heterocycles. The molecular formula is C14H11ClN2S. The SMILES string of the molecule is Clc1ccc2c(SCc3ccccc3)n[nH]c2c1. The number of nitrogens with zero attached hydrogens (tertiary/aromatic N) is 1. The molecule has 0 radical (unpaired) electrons. The van der Waals surface area contributed by atoms with Crippen molar-refractivity contribution in [2.45, 2.75) is 10.8 Å². The van der Waals surface area contributed by atoms with Crippen molar-refractivity contribution in [1.29, 1.82) is 0 Å². The minimum Gasteiger partial charge on any atom is -0.277 e. The van der Waals surface area contributed by atoms with E-state index < -0.39 is 0 Å². The second-order valence-electron chi connectivity index (χ2n) is 3.99. The molecule has 2 nitrogen and oxygen atoms in total. The maximum Gasteiger partial charge on any atom is 0.126 e. The third-order valence-corrected chi connectivity index (χ3v) is 4.01. The third kappa shape index (κ3) is 2.37. The highest BCUT2D eigenvalue weighted by atomic mass is 35.5. The van der Waals surface area contributed by atoms with Crippen molar-refractivity contribution in [1.82, 2.24) is 10.2 Å². The van der Waals surface area contributed by atoms with Crippen LogP contribution in [0, 0.1) is 0 Å². The Morgan fingerprint density at radius 1 is 1.11 bits per heavy atom. The molecule has 0 fully saturated rings. The van der Waals surface area contributed by atoms with Gasteiger partial charge in [-0.3, -0.25) is 5.10 Å². The van der Waals surface area contributed by atoms with Crippen LogP contribution in [0.15, 0.2) is 53.6 Å². The maximum absolute atomic E-state index is 5.95. The topological polar surface area (TPSA) is 28.7 Å². The van der Waals surface area contributed by atoms with Crippen molar-refractivity contribution in [3.8, 4) is 0 Å². The van der Waals surface area contributed by atoms with Gasteiger partial charge in [0.25, 0.3) is 0 Å². The predicted molar refractivity (Wildman–Crippen MR) is 77.1 cm³/mol. The highest BCUT2D eigenvalue weighted by molar-refractivity contribution is 7.98. The summed E-state index contributed by atoms with van der Waals surface area (Å²) in [5.41, 5.74) is 2.28. The lowest BCUT2D eigenvalue weighted by Gasteiger charge is -1.99. The molecule has 3 rings (SSSR count). The normalized spacial score (nSPS) is 10.9. The van der Waals surface area contributed by atoms with Gasteiger partial charge in [0.15, 0.2) is 0 Å². The van der Waals surface area contributed by atoms with E-state index in [1.165, 1.54) is 5.56 Å². The molecule has 0 saturated heterocycles. The van der Waals surface area contributed by atoms with E-state index in [1.54, 1.807) is 11.8 Å². The van der Waals surface area contributed by atoms with Gasteiger partial charge in [0.1, 0.15) is 5.03 Å². The summed E-state index contributed by atoms with van der Waals surface area (Å²) >= 11 is 7.68. The van der Waals surface area contributed by atoms with Gasteiger partial charge in [-0.25, -0.2) is 0 Å². The lowest BCUT2D eigenvalue weighted by Crippen LogP contribution is -1.79. The Hall–Kier alpha value is -1.45. The smallest absolute Gasteiger partial charge is 0.126 e. The van der Waals surface area contributed by atoms with Gasteiger partial charge in [-0.05, 0) is 23.8 Å². The molecule has 0 aliphatic rings. The van der Waals surface area contributed by atoms with E-state index in [0.29, 0.717) is 0 Å². The summed E-state index contributed by atoms with van der Waals surface area (Å²) in [6.07, 6.45) is 0. The van der Waals surface area contributed by atoms with Crippen molar-refractivity contribution < 1.29 is 0 Å². The number of hydrogen-bond donors (Lipinski definition) is 1. The molecule has 0 amide bonds. The number of nitrogens with one attached hydrogen (secondary N) is 1. The maximum atomic E-state index is 5.95. The first-order valence-corrected chi connectivity index (χ1v) is 6.99. The average Bonchev–Trinajstić information content (AvgIpc) is 2.80. The number of benzene rings is 2. The van der Waals surface area contributed by atoms with E-state index in [9.17, 15) is 0 Å². The van der Waals surface area contributed by atoms with Gasteiger partial charge in [0, 0.05) is 16.2 Å². The Labute approximate surface area is 114 Å². The Morgan fingerprint density at radius 3 is 2.78 bits per heavy atom. The van der Waals surface area contributed by atoms with Crippen molar-refractivity contribution in [2.24, 2.45) is 0 Å². The molecule has 1 N–H and O–H groups in total. The molecule has 3 aromatic rings. The van der Waals surface area contributed by atoms with Crippen molar-refractivity contribution in [2.75, 3.05) is 0 Å². The molecule has 1 heterocycles. The molecule has 18 heavy (non-hydrogen) atoms. The van der Waals surface area contributed by atoms with E-state index in [4.69, 9.17) is 11.6 Å². The van der Waals surface area contributed by atoms with Crippen LogP contribution in [0.4, 0.5) is 0 Å². The first-order valence-electron chi connectivity index (χ1n) is 5.63. The Bertz CT molecular complexity index is 664. The van der Waals surface area contributed by atoms with Crippen molar-refractivity contribution >= 4 is 34.3 Å². The summed E-state index contributed by atoms with van der Waals surface area (Å²) in [5, 5.41) is 10.2. The van der Waals surface area contributed by atoms with Crippen LogP contribution in [0.2, 0.25) is 5.02 Å². The number of H-pyrrole nitrogens is 1. The predicted octanol–water partition coefficient (Wildman–Crippen LogP) is 4.51. The number of aromatic nitrogens is 2. The molecule has 0 spiro atoms. The van der Waals surface area contributed by atoms with Crippen LogP contribution >= 0.6 is 23.4 Å². The van der Waals surface area contributed by atoms with Gasteiger partial charge in [0.2, 0.25) is 0 Å². The molecule has 0 bridgehead atoms. The van der Waals surface area contributed by atoms with Crippen LogP contribution in [-0.2, 0) is 5.75 Å². The summed E-state index contributed by atoms with van der Waals surface area (Å²) < 4.78 is 0. The standard InChI is InChI=1S/C14H11ClN2S/c15-11-6-7-12-13(8-11)16-17-14(12)18-9-10-4-2-1-3-5-10/h1-8H,9H2,(H,16,17). The Balaban J connectivity index is 1.83. The number of thioether (sulfide) groups is 1. The number of hydrogen-bond acceptors (Lipinski definition) is 2. The molecule has 0 aliphatic carbocycles. The van der Waals surface area contributed by atoms with Crippen LogP contribution < -0.4 is 0 Å². The summed E-state index contributed by atoms with van der Waals surface area (Å²) in [4.78, 5) is 0. The summed E-state index contributed by atoms with van der Waals surface area (Å²) in [6, 6.07) is 16.2. The minimum atomic E-state index is 0.728. The third-order valence-electron chi connectivity index (χ3n) is 2.71. The fraction of sp³-hybridized carbons (Fsp3) is 0.0714. The minimum absolute atomic E-state index is 0.728. The van der Waals surface area contributed by atoms with Crippen LogP contribution in [0.25, 0.3) is 10.9 Å². The molecule has 0 aliphatic heterocycles. The number of rotatable bonds is 3. The Kier molecular flexibility index (Phi) is 3.26. The molecule has 0 atom stereocenters. The molecule has 4 heteroatoms. The highest BCUT2D eigenvalue weighted by Gasteiger charge is 2.06. The number of halogens is 1. The second-order valence-corrected chi connectivity index (χ2v) is 5.39. The van der Waals surface area contributed by atoms with Gasteiger partial charge >= 0.3 is 0 Å². The zero-order chi connectivity index (χ0) is 12.4. The second kappa shape index (κ2) is 5.04. The Morgan fingerprint density at radius 2 is 1.94 bits per heavy atom. The van der Waals surface area contributed by atoms with E-state index in [2.05, 4.69) is 34.5 Å². The first-order chi connectivity index (χ1) is 8.83. The zero-order valence-electron chi connectivity index (χ0n) is 9.56. The van der Waals surface area contributed by atoms with E-state index >= 15 is 0 Å². The first kappa shape index (κ1) is 11.6. The van der Waals surface area contributed by atoms with Gasteiger partial charge < -0.3 is 0 Å². The molecule has 90 valence electrons. The summed E-state index contributed by atoms with van der Waals surface area (Å²) in [5.74, 6) is 0.920. The monoisotopic (exact) mass is 274 g/mol. The van der Waals surface area contributed by atoms with E-state index in [0.717, 1.165) is 26.7 Å². The van der Waals surface area contributed by atoms with Crippen LogP contribution in [0.3, 0.4) is 0 Å². The number of aromatic amines is 1. The average molecular weight is 275 g/mol. The lowest BCUT2D eigenvalue weighted by molar-refractivity contribution is 1.02.